The fraction of sp³-hybridized carbons (Fsp3) is 0.833. The van der Waals surface area contributed by atoms with E-state index in [4.69, 9.17) is 4.52 Å². The molecule has 0 aromatic carbocycles. The highest BCUT2D eigenvalue weighted by molar-refractivity contribution is 7.91. The average Bonchev–Trinajstić information content (AvgIpc) is 2.89. The lowest BCUT2D eigenvalue weighted by Gasteiger charge is -2.19. The van der Waals surface area contributed by atoms with Crippen molar-refractivity contribution in [2.24, 2.45) is 0 Å². The van der Waals surface area contributed by atoms with Gasteiger partial charge in [0, 0.05) is 11.8 Å². The van der Waals surface area contributed by atoms with Crippen LogP contribution in [-0.4, -0.2) is 43.2 Å². The Labute approximate surface area is 112 Å². The predicted molar refractivity (Wildman–Crippen MR) is 69.8 cm³/mol. The Morgan fingerprint density at radius 1 is 1.05 bits per heavy atom. The van der Waals surface area contributed by atoms with Gasteiger partial charge in [0.15, 0.2) is 5.82 Å². The van der Waals surface area contributed by atoms with Crippen LogP contribution in [0.4, 0.5) is 0 Å². The number of piperidine rings is 1. The van der Waals surface area contributed by atoms with E-state index in [-0.39, 0.29) is 17.4 Å². The molecule has 7 heteroatoms. The maximum Gasteiger partial charge on any atom is 0.229 e. The number of sulfone groups is 1. The third kappa shape index (κ3) is 2.97. The van der Waals surface area contributed by atoms with Gasteiger partial charge in [-0.15, -0.1) is 0 Å². The van der Waals surface area contributed by atoms with Crippen molar-refractivity contribution in [1.29, 1.82) is 0 Å². The zero-order valence-electron chi connectivity index (χ0n) is 10.8. The number of nitrogens with one attached hydrogen (secondary N) is 1. The van der Waals surface area contributed by atoms with Crippen molar-refractivity contribution in [3.05, 3.63) is 11.7 Å². The smallest absolute Gasteiger partial charge is 0.229 e. The Morgan fingerprint density at radius 3 is 2.42 bits per heavy atom. The van der Waals surface area contributed by atoms with E-state index in [9.17, 15) is 8.42 Å². The summed E-state index contributed by atoms with van der Waals surface area (Å²) in [6.45, 7) is 1.99. The van der Waals surface area contributed by atoms with Crippen molar-refractivity contribution in [3.8, 4) is 0 Å². The number of nitrogens with zero attached hydrogens (tertiary/aromatic N) is 2. The van der Waals surface area contributed by atoms with Gasteiger partial charge in [-0.1, -0.05) is 5.16 Å². The van der Waals surface area contributed by atoms with Gasteiger partial charge in [-0.3, -0.25) is 0 Å². The lowest BCUT2D eigenvalue weighted by atomic mass is 9.97. The van der Waals surface area contributed by atoms with E-state index >= 15 is 0 Å². The van der Waals surface area contributed by atoms with Gasteiger partial charge >= 0.3 is 0 Å². The van der Waals surface area contributed by atoms with Crippen LogP contribution in [0, 0.1) is 0 Å². The highest BCUT2D eigenvalue weighted by Gasteiger charge is 2.29. The largest absolute Gasteiger partial charge is 0.339 e. The van der Waals surface area contributed by atoms with Gasteiger partial charge in [-0.2, -0.15) is 4.98 Å². The molecule has 0 radical (unpaired) electrons. The maximum atomic E-state index is 11.4. The maximum absolute atomic E-state index is 11.4. The van der Waals surface area contributed by atoms with E-state index in [1.54, 1.807) is 0 Å². The second-order valence-electron chi connectivity index (χ2n) is 5.44. The third-order valence-electron chi connectivity index (χ3n) is 4.07. The van der Waals surface area contributed by atoms with Crippen LogP contribution in [0.25, 0.3) is 0 Å². The molecule has 1 N–H and O–H groups in total. The summed E-state index contributed by atoms with van der Waals surface area (Å²) in [6.07, 6.45) is 3.29. The molecule has 3 heterocycles. The quantitative estimate of drug-likeness (QED) is 0.866. The Kier molecular flexibility index (Phi) is 3.58. The standard InChI is InChI=1S/C12H19N3O3S/c16-19(17)7-3-10(4-8-19)12-14-11(15-18-12)9-1-5-13-6-2-9/h9-10,13H,1-8H2. The molecular formula is C12H19N3O3S. The van der Waals surface area contributed by atoms with Crippen LogP contribution in [0.1, 0.15) is 49.2 Å². The molecule has 106 valence electrons. The lowest BCUT2D eigenvalue weighted by molar-refractivity contribution is 0.334. The minimum Gasteiger partial charge on any atom is -0.339 e. The molecule has 0 saturated carbocycles. The molecule has 0 spiro atoms. The molecule has 1 aromatic rings. The summed E-state index contributed by atoms with van der Waals surface area (Å²) >= 11 is 0. The molecule has 3 rings (SSSR count). The van der Waals surface area contributed by atoms with Gasteiger partial charge in [0.25, 0.3) is 0 Å². The van der Waals surface area contributed by atoms with Crippen LogP contribution in [-0.2, 0) is 9.84 Å². The van der Waals surface area contributed by atoms with Crippen LogP contribution in [0.2, 0.25) is 0 Å². The average molecular weight is 285 g/mol. The number of hydrogen-bond donors (Lipinski definition) is 1. The molecule has 0 amide bonds. The molecular weight excluding hydrogens is 266 g/mol. The van der Waals surface area contributed by atoms with Crippen molar-refractivity contribution in [2.75, 3.05) is 24.6 Å². The minimum atomic E-state index is -2.84. The van der Waals surface area contributed by atoms with E-state index in [0.717, 1.165) is 31.8 Å². The second kappa shape index (κ2) is 5.20. The Bertz CT molecular complexity index is 520. The summed E-state index contributed by atoms with van der Waals surface area (Å²) in [4.78, 5) is 4.50. The van der Waals surface area contributed by atoms with Gasteiger partial charge < -0.3 is 9.84 Å². The van der Waals surface area contributed by atoms with Crippen molar-refractivity contribution in [1.82, 2.24) is 15.5 Å². The summed E-state index contributed by atoms with van der Waals surface area (Å²) in [6, 6.07) is 0. The van der Waals surface area contributed by atoms with Crippen molar-refractivity contribution in [2.45, 2.75) is 37.5 Å². The van der Waals surface area contributed by atoms with E-state index in [1.165, 1.54) is 0 Å². The van der Waals surface area contributed by atoms with Gasteiger partial charge in [-0.25, -0.2) is 8.42 Å². The summed E-state index contributed by atoms with van der Waals surface area (Å²) in [5, 5.41) is 7.40. The van der Waals surface area contributed by atoms with E-state index in [1.807, 2.05) is 0 Å². The number of aromatic nitrogens is 2. The third-order valence-corrected chi connectivity index (χ3v) is 5.78. The molecule has 0 bridgehead atoms. The van der Waals surface area contributed by atoms with Crippen LogP contribution in [0.3, 0.4) is 0 Å². The molecule has 2 aliphatic heterocycles. The van der Waals surface area contributed by atoms with Crippen LogP contribution in [0.5, 0.6) is 0 Å². The molecule has 0 atom stereocenters. The Hall–Kier alpha value is -0.950. The molecule has 0 unspecified atom stereocenters. The molecule has 1 aromatic heterocycles. The first-order valence-corrected chi connectivity index (χ1v) is 8.71. The van der Waals surface area contributed by atoms with E-state index < -0.39 is 9.84 Å². The van der Waals surface area contributed by atoms with Crippen molar-refractivity contribution in [3.63, 3.8) is 0 Å². The molecule has 0 aliphatic carbocycles. The lowest BCUT2D eigenvalue weighted by Crippen LogP contribution is -2.27. The monoisotopic (exact) mass is 285 g/mol. The summed E-state index contributed by atoms with van der Waals surface area (Å²) in [7, 11) is -2.84. The first-order valence-electron chi connectivity index (χ1n) is 6.89. The van der Waals surface area contributed by atoms with Gasteiger partial charge in [0.1, 0.15) is 9.84 Å². The van der Waals surface area contributed by atoms with E-state index in [2.05, 4.69) is 15.5 Å². The highest BCUT2D eigenvalue weighted by Crippen LogP contribution is 2.30. The molecule has 2 aliphatic rings. The molecule has 6 nitrogen and oxygen atoms in total. The van der Waals surface area contributed by atoms with Gasteiger partial charge in [0.05, 0.1) is 11.5 Å². The van der Waals surface area contributed by atoms with Crippen LogP contribution in [0.15, 0.2) is 4.52 Å². The summed E-state index contributed by atoms with van der Waals surface area (Å²) in [5.74, 6) is 2.40. The van der Waals surface area contributed by atoms with Gasteiger partial charge in [0.2, 0.25) is 5.89 Å². The molecule has 2 fully saturated rings. The fourth-order valence-electron chi connectivity index (χ4n) is 2.80. The first kappa shape index (κ1) is 13.1. The molecule has 19 heavy (non-hydrogen) atoms. The Morgan fingerprint density at radius 2 is 1.74 bits per heavy atom. The minimum absolute atomic E-state index is 0.117. The van der Waals surface area contributed by atoms with Crippen LogP contribution >= 0.6 is 0 Å². The van der Waals surface area contributed by atoms with E-state index in [0.29, 0.717) is 24.7 Å². The predicted octanol–water partition coefficient (Wildman–Crippen LogP) is 0.829. The highest BCUT2D eigenvalue weighted by atomic mass is 32.2. The molecule has 2 saturated heterocycles. The topological polar surface area (TPSA) is 85.1 Å². The second-order valence-corrected chi connectivity index (χ2v) is 7.74. The number of hydrogen-bond acceptors (Lipinski definition) is 6. The summed E-state index contributed by atoms with van der Waals surface area (Å²) < 4.78 is 28.2. The summed E-state index contributed by atoms with van der Waals surface area (Å²) in [5.41, 5.74) is 0. The first-order chi connectivity index (χ1) is 9.14. The van der Waals surface area contributed by atoms with Gasteiger partial charge in [-0.05, 0) is 38.8 Å². The Balaban J connectivity index is 1.68. The fourth-order valence-corrected chi connectivity index (χ4v) is 4.29. The SMILES string of the molecule is O=S1(=O)CCC(c2nc(C3CCNCC3)no2)CC1. The zero-order chi connectivity index (χ0) is 13.3. The van der Waals surface area contributed by atoms with Crippen molar-refractivity contribution < 1.29 is 12.9 Å². The van der Waals surface area contributed by atoms with Crippen molar-refractivity contribution >= 4 is 9.84 Å². The number of rotatable bonds is 2. The van der Waals surface area contributed by atoms with Crippen LogP contribution < -0.4 is 5.32 Å². The normalized spacial score (nSPS) is 25.5. The zero-order valence-corrected chi connectivity index (χ0v) is 11.7.